The van der Waals surface area contributed by atoms with Crippen LogP contribution in [0, 0.1) is 0 Å². The summed E-state index contributed by atoms with van der Waals surface area (Å²) in [6, 6.07) is 3.35. The van der Waals surface area contributed by atoms with Crippen LogP contribution in [0.5, 0.6) is 11.6 Å². The predicted octanol–water partition coefficient (Wildman–Crippen LogP) is 5.33. The number of benzene rings is 1. The molecule has 0 spiro atoms. The van der Waals surface area contributed by atoms with Crippen LogP contribution in [0.25, 0.3) is 0 Å². The molecule has 0 fully saturated rings. The number of nitrogens with zero attached hydrogens (tertiary/aromatic N) is 2. The molecule has 1 heterocycles. The van der Waals surface area contributed by atoms with Gasteiger partial charge < -0.3 is 10.1 Å². The molecule has 2 rings (SSSR count). The molecule has 0 amide bonds. The first kappa shape index (κ1) is 16.3. The van der Waals surface area contributed by atoms with E-state index in [1.54, 1.807) is 12.1 Å². The van der Waals surface area contributed by atoms with E-state index < -0.39 is 0 Å². The lowest BCUT2D eigenvalue weighted by Crippen LogP contribution is -2.03. The molecule has 0 unspecified atom stereocenters. The van der Waals surface area contributed by atoms with Crippen molar-refractivity contribution < 1.29 is 4.74 Å². The van der Waals surface area contributed by atoms with Crippen LogP contribution in [0.1, 0.15) is 18.9 Å². The van der Waals surface area contributed by atoms with Gasteiger partial charge in [0.25, 0.3) is 0 Å². The molecular formula is C14H14BrCl2N3O. The number of ether oxygens (including phenoxy) is 1. The number of aromatic nitrogens is 2. The minimum Gasteiger partial charge on any atom is -0.437 e. The molecule has 0 aliphatic heterocycles. The monoisotopic (exact) mass is 389 g/mol. The Hall–Kier alpha value is -1.04. The van der Waals surface area contributed by atoms with E-state index in [1.165, 1.54) is 6.33 Å². The third-order valence-corrected chi connectivity index (χ3v) is 4.32. The van der Waals surface area contributed by atoms with Gasteiger partial charge in [-0.3, -0.25) is 0 Å². The van der Waals surface area contributed by atoms with Gasteiger partial charge in [-0.05, 0) is 28.4 Å². The molecule has 2 aromatic rings. The van der Waals surface area contributed by atoms with Gasteiger partial charge in [-0.2, -0.15) is 0 Å². The molecule has 0 bridgehead atoms. The van der Waals surface area contributed by atoms with Crippen molar-refractivity contribution in [2.24, 2.45) is 0 Å². The zero-order valence-corrected chi connectivity index (χ0v) is 14.7. The largest absolute Gasteiger partial charge is 0.437 e. The summed E-state index contributed by atoms with van der Waals surface area (Å²) in [6.45, 7) is 2.08. The Morgan fingerprint density at radius 2 is 2.00 bits per heavy atom. The maximum atomic E-state index is 6.18. The third kappa shape index (κ3) is 3.78. The molecule has 1 aromatic carbocycles. The van der Waals surface area contributed by atoms with Crippen molar-refractivity contribution in [2.45, 2.75) is 19.8 Å². The van der Waals surface area contributed by atoms with Crippen molar-refractivity contribution in [3.05, 3.63) is 38.5 Å². The van der Waals surface area contributed by atoms with E-state index in [1.807, 2.05) is 7.05 Å². The zero-order valence-electron chi connectivity index (χ0n) is 11.6. The summed E-state index contributed by atoms with van der Waals surface area (Å²) in [5.41, 5.74) is 0.914. The molecule has 21 heavy (non-hydrogen) atoms. The molecule has 0 radical (unpaired) electrons. The SMILES string of the molecule is CCCc1c(NC)ncnc1Oc1cc(Cl)c(Br)cc1Cl. The first-order chi connectivity index (χ1) is 10.1. The average Bonchev–Trinajstić information content (AvgIpc) is 2.46. The van der Waals surface area contributed by atoms with Crippen LogP contribution in [0.4, 0.5) is 5.82 Å². The van der Waals surface area contributed by atoms with Gasteiger partial charge in [0.15, 0.2) is 0 Å². The summed E-state index contributed by atoms with van der Waals surface area (Å²) in [4.78, 5) is 8.41. The van der Waals surface area contributed by atoms with Crippen molar-refractivity contribution in [2.75, 3.05) is 12.4 Å². The summed E-state index contributed by atoms with van der Waals surface area (Å²) in [7, 11) is 1.81. The molecule has 0 saturated carbocycles. The fourth-order valence-electron chi connectivity index (χ4n) is 1.86. The summed E-state index contributed by atoms with van der Waals surface area (Å²) < 4.78 is 6.56. The second kappa shape index (κ2) is 7.29. The Labute approximate surface area is 142 Å². The van der Waals surface area contributed by atoms with Crippen LogP contribution in [0.3, 0.4) is 0 Å². The first-order valence-electron chi connectivity index (χ1n) is 6.40. The Kier molecular flexibility index (Phi) is 5.67. The lowest BCUT2D eigenvalue weighted by molar-refractivity contribution is 0.454. The van der Waals surface area contributed by atoms with E-state index in [0.717, 1.165) is 24.2 Å². The van der Waals surface area contributed by atoms with Gasteiger partial charge in [0, 0.05) is 17.6 Å². The molecule has 0 saturated heterocycles. The summed E-state index contributed by atoms with van der Waals surface area (Å²) in [6.07, 6.45) is 3.20. The standard InChI is InChI=1S/C14H14BrCl2N3O/c1-3-4-8-13(18-2)19-7-20-14(8)21-12-6-10(16)9(15)5-11(12)17/h5-7H,3-4H2,1-2H3,(H,18,19,20). The van der Waals surface area contributed by atoms with Crippen LogP contribution in [-0.2, 0) is 6.42 Å². The molecule has 112 valence electrons. The number of rotatable bonds is 5. The number of nitrogens with one attached hydrogen (secondary N) is 1. The van der Waals surface area contributed by atoms with E-state index in [4.69, 9.17) is 27.9 Å². The van der Waals surface area contributed by atoms with Gasteiger partial charge in [0.1, 0.15) is 17.9 Å². The lowest BCUT2D eigenvalue weighted by atomic mass is 10.1. The van der Waals surface area contributed by atoms with Gasteiger partial charge in [-0.25, -0.2) is 9.97 Å². The van der Waals surface area contributed by atoms with Crippen molar-refractivity contribution in [3.63, 3.8) is 0 Å². The van der Waals surface area contributed by atoms with Gasteiger partial charge in [-0.1, -0.05) is 36.5 Å². The van der Waals surface area contributed by atoms with E-state index >= 15 is 0 Å². The van der Waals surface area contributed by atoms with E-state index in [9.17, 15) is 0 Å². The van der Waals surface area contributed by atoms with Crippen LogP contribution in [0.2, 0.25) is 10.0 Å². The fourth-order valence-corrected chi connectivity index (χ4v) is 2.69. The smallest absolute Gasteiger partial charge is 0.227 e. The number of halogens is 3. The molecular weight excluding hydrogens is 377 g/mol. The Balaban J connectivity index is 2.42. The van der Waals surface area contributed by atoms with E-state index in [0.29, 0.717) is 26.1 Å². The maximum absolute atomic E-state index is 6.18. The summed E-state index contributed by atoms with van der Waals surface area (Å²) >= 11 is 15.6. The average molecular weight is 391 g/mol. The van der Waals surface area contributed by atoms with Crippen molar-refractivity contribution in [1.82, 2.24) is 9.97 Å². The van der Waals surface area contributed by atoms with Crippen LogP contribution >= 0.6 is 39.1 Å². The topological polar surface area (TPSA) is 47.0 Å². The van der Waals surface area contributed by atoms with E-state index in [2.05, 4.69) is 38.1 Å². The van der Waals surface area contributed by atoms with Gasteiger partial charge >= 0.3 is 0 Å². The summed E-state index contributed by atoms with van der Waals surface area (Å²) in [5.74, 6) is 1.70. The molecule has 7 heteroatoms. The number of anilines is 1. The second-order valence-corrected chi connectivity index (χ2v) is 5.97. The van der Waals surface area contributed by atoms with Gasteiger partial charge in [-0.15, -0.1) is 0 Å². The molecule has 0 aliphatic carbocycles. The number of hydrogen-bond acceptors (Lipinski definition) is 4. The molecule has 1 N–H and O–H groups in total. The highest BCUT2D eigenvalue weighted by Gasteiger charge is 2.14. The van der Waals surface area contributed by atoms with Crippen LogP contribution < -0.4 is 10.1 Å². The van der Waals surface area contributed by atoms with Crippen molar-refractivity contribution in [3.8, 4) is 11.6 Å². The van der Waals surface area contributed by atoms with Crippen LogP contribution in [0.15, 0.2) is 22.9 Å². The number of hydrogen-bond donors (Lipinski definition) is 1. The quantitative estimate of drug-likeness (QED) is 0.700. The van der Waals surface area contributed by atoms with Crippen molar-refractivity contribution >= 4 is 44.9 Å². The van der Waals surface area contributed by atoms with Crippen LogP contribution in [-0.4, -0.2) is 17.0 Å². The minimum absolute atomic E-state index is 0.457. The van der Waals surface area contributed by atoms with E-state index in [-0.39, 0.29) is 0 Å². The Bertz CT molecular complexity index is 652. The Morgan fingerprint density at radius 1 is 1.24 bits per heavy atom. The van der Waals surface area contributed by atoms with Gasteiger partial charge in [0.05, 0.1) is 15.6 Å². The Morgan fingerprint density at radius 3 is 2.67 bits per heavy atom. The fraction of sp³-hybridized carbons (Fsp3) is 0.286. The first-order valence-corrected chi connectivity index (χ1v) is 7.95. The van der Waals surface area contributed by atoms with Gasteiger partial charge in [0.2, 0.25) is 5.88 Å². The molecule has 4 nitrogen and oxygen atoms in total. The normalized spacial score (nSPS) is 10.5. The molecule has 0 aliphatic rings. The second-order valence-electron chi connectivity index (χ2n) is 4.30. The molecule has 1 aromatic heterocycles. The maximum Gasteiger partial charge on any atom is 0.227 e. The zero-order chi connectivity index (χ0) is 15.4. The summed E-state index contributed by atoms with van der Waals surface area (Å²) in [5, 5.41) is 4.02. The highest BCUT2D eigenvalue weighted by atomic mass is 79.9. The van der Waals surface area contributed by atoms with Crippen molar-refractivity contribution in [1.29, 1.82) is 0 Å². The third-order valence-electron chi connectivity index (χ3n) is 2.82. The predicted molar refractivity (Wildman–Crippen MR) is 89.8 cm³/mol. The minimum atomic E-state index is 0.457. The molecule has 0 atom stereocenters. The lowest BCUT2D eigenvalue weighted by Gasteiger charge is -2.14. The highest BCUT2D eigenvalue weighted by Crippen LogP contribution is 2.37. The highest BCUT2D eigenvalue weighted by molar-refractivity contribution is 9.10.